The molecular formula is C9H13N5O4P+. The highest BCUT2D eigenvalue weighted by Crippen LogP contribution is 2.15. The van der Waals surface area contributed by atoms with Crippen molar-refractivity contribution in [2.45, 2.75) is 19.6 Å². The van der Waals surface area contributed by atoms with E-state index in [0.29, 0.717) is 12.2 Å². The second kappa shape index (κ2) is 5.43. The lowest BCUT2D eigenvalue weighted by Gasteiger charge is -2.10. The average Bonchev–Trinajstić information content (AvgIpc) is 2.70. The smallest absolute Gasteiger partial charge is 0.369 e. The lowest BCUT2D eigenvalue weighted by atomic mass is 10.4. The molecule has 0 fully saturated rings. The Morgan fingerprint density at radius 3 is 3.11 bits per heavy atom. The van der Waals surface area contributed by atoms with Crippen molar-refractivity contribution >= 4 is 25.1 Å². The van der Waals surface area contributed by atoms with Crippen molar-refractivity contribution < 1.29 is 14.2 Å². The van der Waals surface area contributed by atoms with E-state index in [1.807, 2.05) is 0 Å². The molecule has 0 bridgehead atoms. The molecule has 2 heterocycles. The molecule has 0 saturated heterocycles. The van der Waals surface area contributed by atoms with Gasteiger partial charge in [0.05, 0.1) is 19.0 Å². The minimum atomic E-state index is -2.33. The lowest BCUT2D eigenvalue weighted by molar-refractivity contribution is 0.0847. The van der Waals surface area contributed by atoms with E-state index in [1.54, 1.807) is 11.5 Å². The zero-order chi connectivity index (χ0) is 14.0. The van der Waals surface area contributed by atoms with Crippen LogP contribution < -0.4 is 11.3 Å². The summed E-state index contributed by atoms with van der Waals surface area (Å²) in [7, 11) is -2.33. The summed E-state index contributed by atoms with van der Waals surface area (Å²) in [6.07, 6.45) is 0.885. The highest BCUT2D eigenvalue weighted by molar-refractivity contribution is 7.37. The Bertz CT molecular complexity index is 666. The SMILES string of the molecule is C[C@H](Cn1cnc2c(=O)[nH]c(N)nc21)OC[P+](=O)O. The molecule has 0 amide bonds. The standard InChI is InChI=1S/C9H12N5O4P/c1-5(18-4-19(16)17)2-14-3-11-6-7(14)12-9(10)13-8(6)15/h3,5H,2,4H2,1H3,(H3-,10,12,13,15,16,17)/p+1/t5-/m1/s1. The maximum atomic E-state index is 11.6. The molecule has 2 aromatic heterocycles. The van der Waals surface area contributed by atoms with Gasteiger partial charge in [0, 0.05) is 0 Å². The van der Waals surface area contributed by atoms with Crippen molar-refractivity contribution in [3.8, 4) is 0 Å². The molecule has 2 atom stereocenters. The van der Waals surface area contributed by atoms with Gasteiger partial charge in [0.15, 0.2) is 11.2 Å². The molecule has 0 aliphatic carbocycles. The first-order valence-corrected chi connectivity index (χ1v) is 6.83. The van der Waals surface area contributed by atoms with E-state index < -0.39 is 13.6 Å². The van der Waals surface area contributed by atoms with Gasteiger partial charge in [-0.05, 0) is 11.5 Å². The van der Waals surface area contributed by atoms with Crippen LogP contribution in [0.3, 0.4) is 0 Å². The summed E-state index contributed by atoms with van der Waals surface area (Å²) in [6, 6.07) is 0. The van der Waals surface area contributed by atoms with Gasteiger partial charge in [0.1, 0.15) is 0 Å². The van der Waals surface area contributed by atoms with Crippen LogP contribution in [-0.2, 0) is 15.8 Å². The van der Waals surface area contributed by atoms with Crippen molar-refractivity contribution in [1.82, 2.24) is 19.5 Å². The number of nitrogens with zero attached hydrogens (tertiary/aromatic N) is 3. The highest BCUT2D eigenvalue weighted by Gasteiger charge is 2.16. The summed E-state index contributed by atoms with van der Waals surface area (Å²) < 4.78 is 17.3. The van der Waals surface area contributed by atoms with Crippen molar-refractivity contribution in [1.29, 1.82) is 0 Å². The Hall–Kier alpha value is -1.83. The number of nitrogens with two attached hydrogens (primary N) is 1. The van der Waals surface area contributed by atoms with Gasteiger partial charge >= 0.3 is 8.03 Å². The topological polar surface area (TPSA) is 136 Å². The number of aromatic amines is 1. The Balaban J connectivity index is 2.21. The second-order valence-corrected chi connectivity index (χ2v) is 4.94. The quantitative estimate of drug-likeness (QED) is 0.647. The molecule has 0 aliphatic rings. The van der Waals surface area contributed by atoms with Gasteiger partial charge in [0.25, 0.3) is 11.9 Å². The molecule has 2 aromatic rings. The van der Waals surface area contributed by atoms with Crippen molar-refractivity contribution in [3.63, 3.8) is 0 Å². The molecule has 2 rings (SSSR count). The highest BCUT2D eigenvalue weighted by atomic mass is 31.1. The summed E-state index contributed by atoms with van der Waals surface area (Å²) in [5.74, 6) is 0.00580. The number of anilines is 1. The van der Waals surface area contributed by atoms with Crippen LogP contribution >= 0.6 is 8.03 Å². The third kappa shape index (κ3) is 3.14. The Morgan fingerprint density at radius 2 is 2.42 bits per heavy atom. The molecule has 0 aromatic carbocycles. The number of hydrogen-bond acceptors (Lipinski definition) is 6. The van der Waals surface area contributed by atoms with E-state index in [1.165, 1.54) is 6.33 Å². The van der Waals surface area contributed by atoms with Gasteiger partial charge < -0.3 is 15.0 Å². The first kappa shape index (κ1) is 13.6. The molecule has 10 heteroatoms. The largest absolute Gasteiger partial charge is 0.534 e. The summed E-state index contributed by atoms with van der Waals surface area (Å²) >= 11 is 0. The zero-order valence-electron chi connectivity index (χ0n) is 10.1. The normalized spacial score (nSPS) is 13.7. The van der Waals surface area contributed by atoms with Gasteiger partial charge in [-0.15, -0.1) is 0 Å². The van der Waals surface area contributed by atoms with Crippen molar-refractivity contribution in [3.05, 3.63) is 16.7 Å². The first-order valence-electron chi connectivity index (χ1n) is 5.43. The fraction of sp³-hybridized carbons (Fsp3) is 0.444. The number of imidazole rings is 1. The van der Waals surface area contributed by atoms with E-state index in [9.17, 15) is 9.36 Å². The van der Waals surface area contributed by atoms with Gasteiger partial charge in [-0.1, -0.05) is 0 Å². The van der Waals surface area contributed by atoms with E-state index in [-0.39, 0.29) is 23.9 Å². The van der Waals surface area contributed by atoms with E-state index >= 15 is 0 Å². The maximum Gasteiger partial charge on any atom is 0.534 e. The van der Waals surface area contributed by atoms with Crippen LogP contribution in [0.25, 0.3) is 11.2 Å². The third-order valence-corrected chi connectivity index (χ3v) is 2.79. The van der Waals surface area contributed by atoms with Crippen LogP contribution in [0.5, 0.6) is 0 Å². The summed E-state index contributed by atoms with van der Waals surface area (Å²) in [5, 5.41) is 0. The fourth-order valence-corrected chi connectivity index (χ4v) is 2.01. The molecule has 4 N–H and O–H groups in total. The van der Waals surface area contributed by atoms with E-state index in [2.05, 4.69) is 15.0 Å². The van der Waals surface area contributed by atoms with E-state index in [0.717, 1.165) is 0 Å². The number of rotatable bonds is 5. The summed E-state index contributed by atoms with van der Waals surface area (Å²) in [5.41, 5.74) is 5.60. The van der Waals surface area contributed by atoms with Crippen LogP contribution in [-0.4, -0.2) is 36.9 Å². The molecule has 0 spiro atoms. The number of nitrogens with one attached hydrogen (secondary N) is 1. The minimum absolute atomic E-state index is 0.00580. The number of fused-ring (bicyclic) bond motifs is 1. The molecule has 0 saturated carbocycles. The number of hydrogen-bond donors (Lipinski definition) is 3. The van der Waals surface area contributed by atoms with Crippen LogP contribution in [0.2, 0.25) is 0 Å². The van der Waals surface area contributed by atoms with Gasteiger partial charge in [-0.25, -0.2) is 4.98 Å². The van der Waals surface area contributed by atoms with Crippen LogP contribution in [0.1, 0.15) is 6.92 Å². The fourth-order valence-electron chi connectivity index (χ4n) is 1.63. The zero-order valence-corrected chi connectivity index (χ0v) is 11.0. The first-order chi connectivity index (χ1) is 8.97. The Morgan fingerprint density at radius 1 is 1.68 bits per heavy atom. The Kier molecular flexibility index (Phi) is 3.89. The number of H-pyrrole nitrogens is 1. The second-order valence-electron chi connectivity index (χ2n) is 3.98. The number of ether oxygens (including phenoxy) is 1. The maximum absolute atomic E-state index is 11.6. The van der Waals surface area contributed by atoms with Gasteiger partial charge in [-0.2, -0.15) is 9.88 Å². The molecule has 9 nitrogen and oxygen atoms in total. The molecule has 0 radical (unpaired) electrons. The predicted molar refractivity (Wildman–Crippen MR) is 67.8 cm³/mol. The van der Waals surface area contributed by atoms with Crippen molar-refractivity contribution in [2.24, 2.45) is 0 Å². The van der Waals surface area contributed by atoms with Gasteiger partial charge in [0.2, 0.25) is 5.95 Å². The third-order valence-electron chi connectivity index (χ3n) is 2.42. The molecule has 19 heavy (non-hydrogen) atoms. The van der Waals surface area contributed by atoms with Gasteiger partial charge in [-0.3, -0.25) is 9.78 Å². The molecule has 1 unspecified atom stereocenters. The van der Waals surface area contributed by atoms with Crippen molar-refractivity contribution in [2.75, 3.05) is 12.1 Å². The summed E-state index contributed by atoms with van der Waals surface area (Å²) in [6.45, 7) is 2.08. The Labute approximate surface area is 108 Å². The van der Waals surface area contributed by atoms with Crippen LogP contribution in [0, 0.1) is 0 Å². The average molecular weight is 286 g/mol. The number of nitrogen functional groups attached to an aromatic ring is 1. The molecule has 0 aliphatic heterocycles. The lowest BCUT2D eigenvalue weighted by Crippen LogP contribution is -2.17. The molecule has 102 valence electrons. The predicted octanol–water partition coefficient (Wildman–Crippen LogP) is -0.201. The monoisotopic (exact) mass is 286 g/mol. The van der Waals surface area contributed by atoms with Crippen LogP contribution in [0.15, 0.2) is 11.1 Å². The summed E-state index contributed by atoms with van der Waals surface area (Å²) in [4.78, 5) is 30.5. The minimum Gasteiger partial charge on any atom is -0.369 e. The number of aromatic nitrogens is 4. The van der Waals surface area contributed by atoms with E-state index in [4.69, 9.17) is 15.4 Å². The molecular weight excluding hydrogens is 273 g/mol. The van der Waals surface area contributed by atoms with Crippen LogP contribution in [0.4, 0.5) is 5.95 Å².